The van der Waals surface area contributed by atoms with Gasteiger partial charge >= 0.3 is 0 Å². The molecule has 1 aliphatic carbocycles. The Morgan fingerprint density at radius 1 is 1.38 bits per heavy atom. The average molecular weight is 333 g/mol. The third-order valence-corrected chi connectivity index (χ3v) is 5.47. The maximum Gasteiger partial charge on any atom is 0.249 e. The van der Waals surface area contributed by atoms with Crippen molar-refractivity contribution >= 4 is 5.91 Å². The number of aliphatic hydroxyl groups excluding tert-OH is 1. The molecule has 24 heavy (non-hydrogen) atoms. The number of rotatable bonds is 6. The number of amides is 1. The number of hydrogen-bond acceptors (Lipinski definition) is 4. The number of benzene rings is 1. The van der Waals surface area contributed by atoms with Gasteiger partial charge in [0.15, 0.2) is 0 Å². The lowest BCUT2D eigenvalue weighted by molar-refractivity contribution is -0.177. The van der Waals surface area contributed by atoms with E-state index in [0.29, 0.717) is 26.2 Å². The lowest BCUT2D eigenvalue weighted by Gasteiger charge is -2.57. The first-order valence-corrected chi connectivity index (χ1v) is 8.87. The normalized spacial score (nSPS) is 26.6. The molecular formula is C19H27NO4. The Labute approximate surface area is 143 Å². The van der Waals surface area contributed by atoms with Crippen molar-refractivity contribution in [1.82, 2.24) is 5.32 Å². The number of hydrogen-bond donors (Lipinski definition) is 2. The van der Waals surface area contributed by atoms with Crippen molar-refractivity contribution in [2.24, 2.45) is 5.41 Å². The van der Waals surface area contributed by atoms with Gasteiger partial charge in [-0.25, -0.2) is 0 Å². The van der Waals surface area contributed by atoms with Gasteiger partial charge in [0.25, 0.3) is 0 Å². The number of carbonyl (C=O) groups excluding carboxylic acids is 1. The van der Waals surface area contributed by atoms with Gasteiger partial charge in [0.05, 0.1) is 6.10 Å². The molecule has 1 heterocycles. The van der Waals surface area contributed by atoms with Gasteiger partial charge in [-0.15, -0.1) is 0 Å². The predicted octanol–water partition coefficient (Wildman–Crippen LogP) is 1.68. The second kappa shape index (κ2) is 7.64. The Bertz CT molecular complexity index is 542. The summed E-state index contributed by atoms with van der Waals surface area (Å²) in [6.45, 7) is 4.11. The lowest BCUT2D eigenvalue weighted by Crippen LogP contribution is -2.67. The zero-order chi connectivity index (χ0) is 17.0. The zero-order valence-electron chi connectivity index (χ0n) is 14.2. The molecule has 3 atom stereocenters. The second-order valence-corrected chi connectivity index (χ2v) is 6.79. The van der Waals surface area contributed by atoms with Gasteiger partial charge in [-0.05, 0) is 31.7 Å². The van der Waals surface area contributed by atoms with Crippen LogP contribution in [-0.4, -0.2) is 49.1 Å². The van der Waals surface area contributed by atoms with E-state index in [0.717, 1.165) is 24.8 Å². The van der Waals surface area contributed by atoms with Crippen molar-refractivity contribution in [1.29, 1.82) is 0 Å². The minimum Gasteiger partial charge on any atom is -0.383 e. The Balaban J connectivity index is 1.59. The quantitative estimate of drug-likeness (QED) is 0.831. The van der Waals surface area contributed by atoms with E-state index in [1.54, 1.807) is 0 Å². The van der Waals surface area contributed by atoms with Gasteiger partial charge in [0.2, 0.25) is 5.91 Å². The topological polar surface area (TPSA) is 67.8 Å². The summed E-state index contributed by atoms with van der Waals surface area (Å²) in [5, 5.41) is 13.3. The molecule has 1 spiro atoms. The summed E-state index contributed by atoms with van der Waals surface area (Å²) in [6, 6.07) is 9.66. The highest BCUT2D eigenvalue weighted by Gasteiger charge is 2.56. The van der Waals surface area contributed by atoms with Crippen LogP contribution in [0.4, 0.5) is 0 Å². The van der Waals surface area contributed by atoms with Gasteiger partial charge in [-0.3, -0.25) is 4.79 Å². The lowest BCUT2D eigenvalue weighted by atomic mass is 9.57. The fraction of sp³-hybridized carbons (Fsp3) is 0.632. The largest absolute Gasteiger partial charge is 0.383 e. The summed E-state index contributed by atoms with van der Waals surface area (Å²) in [6.07, 6.45) is 2.12. The molecule has 0 aromatic heterocycles. The second-order valence-electron chi connectivity index (χ2n) is 6.79. The van der Waals surface area contributed by atoms with Crippen LogP contribution < -0.4 is 5.32 Å². The van der Waals surface area contributed by atoms with Crippen LogP contribution in [0.3, 0.4) is 0 Å². The van der Waals surface area contributed by atoms with Crippen molar-refractivity contribution in [3.05, 3.63) is 35.9 Å². The van der Waals surface area contributed by atoms with Gasteiger partial charge in [0, 0.05) is 37.7 Å². The molecule has 0 radical (unpaired) electrons. The fourth-order valence-corrected chi connectivity index (χ4v) is 4.01. The predicted molar refractivity (Wildman–Crippen MR) is 90.6 cm³/mol. The van der Waals surface area contributed by atoms with Crippen LogP contribution >= 0.6 is 0 Å². The van der Waals surface area contributed by atoms with Gasteiger partial charge in [0.1, 0.15) is 6.10 Å². The summed E-state index contributed by atoms with van der Waals surface area (Å²) in [5.74, 6) is -0.287. The number of carbonyl (C=O) groups is 1. The highest BCUT2D eigenvalue weighted by molar-refractivity contribution is 5.81. The average Bonchev–Trinajstić information content (AvgIpc) is 2.62. The summed E-state index contributed by atoms with van der Waals surface area (Å²) in [5.41, 5.74) is 0.929. The minimum atomic E-state index is -1.02. The third-order valence-electron chi connectivity index (χ3n) is 5.47. The summed E-state index contributed by atoms with van der Waals surface area (Å²) in [7, 11) is 0. The fourth-order valence-electron chi connectivity index (χ4n) is 4.01. The van der Waals surface area contributed by atoms with Crippen LogP contribution in [0.15, 0.2) is 30.3 Å². The van der Waals surface area contributed by atoms with Crippen LogP contribution in [0.1, 0.15) is 31.7 Å². The molecule has 2 fully saturated rings. The SMILES string of the molecule is CCOC1CC(NC(=O)[C@@H](O)Cc2ccccc2)C12CCOCC2. The molecular weight excluding hydrogens is 306 g/mol. The molecule has 5 heteroatoms. The summed E-state index contributed by atoms with van der Waals surface area (Å²) >= 11 is 0. The van der Waals surface area contributed by atoms with Crippen molar-refractivity contribution < 1.29 is 19.4 Å². The molecule has 1 aromatic carbocycles. The first-order chi connectivity index (χ1) is 11.7. The highest BCUT2D eigenvalue weighted by Crippen LogP contribution is 2.50. The minimum absolute atomic E-state index is 0.0314. The van der Waals surface area contributed by atoms with Crippen molar-refractivity contribution in [2.45, 2.75) is 50.9 Å². The number of aliphatic hydroxyl groups is 1. The van der Waals surface area contributed by atoms with Gasteiger partial charge < -0.3 is 19.9 Å². The van der Waals surface area contributed by atoms with E-state index in [-0.39, 0.29) is 23.5 Å². The van der Waals surface area contributed by atoms with E-state index in [9.17, 15) is 9.90 Å². The number of nitrogens with one attached hydrogen (secondary N) is 1. The molecule has 2 unspecified atom stereocenters. The van der Waals surface area contributed by atoms with E-state index in [1.807, 2.05) is 37.3 Å². The van der Waals surface area contributed by atoms with Crippen molar-refractivity contribution in [2.75, 3.05) is 19.8 Å². The standard InChI is InChI=1S/C19H27NO4/c1-2-24-17-13-16(19(17)8-10-23-11-9-19)20-18(22)15(21)12-14-6-4-3-5-7-14/h3-7,15-17,21H,2,8-13H2,1H3,(H,20,22)/t15-,16?,17?/m0/s1. The molecule has 3 rings (SSSR count). The molecule has 2 aliphatic rings. The molecule has 1 saturated heterocycles. The first-order valence-electron chi connectivity index (χ1n) is 8.87. The molecule has 0 bridgehead atoms. The van der Waals surface area contributed by atoms with Crippen LogP contribution in [-0.2, 0) is 20.7 Å². The van der Waals surface area contributed by atoms with Gasteiger partial charge in [-0.1, -0.05) is 30.3 Å². The maximum atomic E-state index is 12.4. The summed E-state index contributed by atoms with van der Waals surface area (Å²) in [4.78, 5) is 12.4. The smallest absolute Gasteiger partial charge is 0.249 e. The van der Waals surface area contributed by atoms with Crippen LogP contribution in [0.2, 0.25) is 0 Å². The van der Waals surface area contributed by atoms with Crippen molar-refractivity contribution in [3.63, 3.8) is 0 Å². The molecule has 132 valence electrons. The first kappa shape index (κ1) is 17.4. The monoisotopic (exact) mass is 333 g/mol. The molecule has 1 aliphatic heterocycles. The van der Waals surface area contributed by atoms with Gasteiger partial charge in [-0.2, -0.15) is 0 Å². The maximum absolute atomic E-state index is 12.4. The highest BCUT2D eigenvalue weighted by atomic mass is 16.5. The van der Waals surface area contributed by atoms with Crippen LogP contribution in [0.25, 0.3) is 0 Å². The van der Waals surface area contributed by atoms with E-state index < -0.39 is 6.10 Å². The molecule has 1 aromatic rings. The van der Waals surface area contributed by atoms with E-state index in [4.69, 9.17) is 9.47 Å². The Kier molecular flexibility index (Phi) is 5.54. The number of ether oxygens (including phenoxy) is 2. The zero-order valence-corrected chi connectivity index (χ0v) is 14.2. The van der Waals surface area contributed by atoms with Crippen LogP contribution in [0, 0.1) is 5.41 Å². The van der Waals surface area contributed by atoms with Crippen molar-refractivity contribution in [3.8, 4) is 0 Å². The molecule has 2 N–H and O–H groups in total. The Morgan fingerprint density at radius 2 is 2.08 bits per heavy atom. The van der Waals surface area contributed by atoms with E-state index >= 15 is 0 Å². The molecule has 1 amide bonds. The third kappa shape index (κ3) is 3.48. The van der Waals surface area contributed by atoms with E-state index in [2.05, 4.69) is 5.32 Å². The Morgan fingerprint density at radius 3 is 2.75 bits per heavy atom. The summed E-state index contributed by atoms with van der Waals surface area (Å²) < 4.78 is 11.4. The Hall–Kier alpha value is -1.43. The van der Waals surface area contributed by atoms with E-state index in [1.165, 1.54) is 0 Å². The molecule has 5 nitrogen and oxygen atoms in total. The molecule has 1 saturated carbocycles. The van der Waals surface area contributed by atoms with Crippen LogP contribution in [0.5, 0.6) is 0 Å².